The second-order valence-electron chi connectivity index (χ2n) is 6.17. The summed E-state index contributed by atoms with van der Waals surface area (Å²) < 4.78 is 0. The zero-order chi connectivity index (χ0) is 16.8. The van der Waals surface area contributed by atoms with Crippen molar-refractivity contribution in [1.29, 1.82) is 0 Å². The van der Waals surface area contributed by atoms with Crippen LogP contribution in [0.5, 0.6) is 0 Å². The Morgan fingerprint density at radius 3 is 2.26 bits per heavy atom. The van der Waals surface area contributed by atoms with Crippen molar-refractivity contribution in [2.24, 2.45) is 0 Å². The van der Waals surface area contributed by atoms with Gasteiger partial charge in [0.05, 0.1) is 12.6 Å². The molecule has 0 aromatic heterocycles. The zero-order valence-corrected chi connectivity index (χ0v) is 14.3. The van der Waals surface area contributed by atoms with Crippen LogP contribution >= 0.6 is 0 Å². The lowest BCUT2D eigenvalue weighted by atomic mass is 10.1. The summed E-state index contributed by atoms with van der Waals surface area (Å²) in [7, 11) is 0. The summed E-state index contributed by atoms with van der Waals surface area (Å²) in [6.07, 6.45) is 1.02. The van der Waals surface area contributed by atoms with Crippen LogP contribution in [0.1, 0.15) is 37.9 Å². The first-order valence-electron chi connectivity index (χ1n) is 8.35. The molecule has 23 heavy (non-hydrogen) atoms. The SMILES string of the molecule is CCc1ccc(C(C)NC(=O)CN2CCN(C(C)=O)CC2)cc1. The average Bonchev–Trinajstić information content (AvgIpc) is 2.55. The lowest BCUT2D eigenvalue weighted by Crippen LogP contribution is -2.50. The van der Waals surface area contributed by atoms with Crippen molar-refractivity contribution in [2.75, 3.05) is 32.7 Å². The summed E-state index contributed by atoms with van der Waals surface area (Å²) in [5.74, 6) is 0.145. The molecule has 1 aliphatic rings. The molecule has 0 aliphatic carbocycles. The van der Waals surface area contributed by atoms with Crippen LogP contribution in [-0.2, 0) is 16.0 Å². The van der Waals surface area contributed by atoms with Crippen LogP contribution in [-0.4, -0.2) is 54.3 Å². The van der Waals surface area contributed by atoms with Gasteiger partial charge in [-0.2, -0.15) is 0 Å². The van der Waals surface area contributed by atoms with Crippen LogP contribution in [0.15, 0.2) is 24.3 Å². The molecule has 2 amide bonds. The molecular formula is C18H27N3O2. The Hall–Kier alpha value is -1.88. The summed E-state index contributed by atoms with van der Waals surface area (Å²) in [6.45, 7) is 9.04. The Kier molecular flexibility index (Phi) is 6.16. The molecular weight excluding hydrogens is 290 g/mol. The first-order valence-corrected chi connectivity index (χ1v) is 8.35. The number of carbonyl (C=O) groups is 2. The largest absolute Gasteiger partial charge is 0.348 e. The molecule has 1 fully saturated rings. The van der Waals surface area contributed by atoms with Crippen LogP contribution in [0.2, 0.25) is 0 Å². The quantitative estimate of drug-likeness (QED) is 0.897. The maximum absolute atomic E-state index is 12.2. The van der Waals surface area contributed by atoms with Gasteiger partial charge in [0.1, 0.15) is 0 Å². The third-order valence-electron chi connectivity index (χ3n) is 4.45. The summed E-state index contributed by atoms with van der Waals surface area (Å²) in [5, 5.41) is 3.05. The van der Waals surface area contributed by atoms with Crippen molar-refractivity contribution in [1.82, 2.24) is 15.1 Å². The summed E-state index contributed by atoms with van der Waals surface area (Å²) in [6, 6.07) is 8.38. The summed E-state index contributed by atoms with van der Waals surface area (Å²) in [4.78, 5) is 27.4. The Bertz CT molecular complexity index is 534. The number of piperazine rings is 1. The van der Waals surface area contributed by atoms with Crippen molar-refractivity contribution in [2.45, 2.75) is 33.2 Å². The van der Waals surface area contributed by atoms with Crippen LogP contribution < -0.4 is 5.32 Å². The molecule has 1 heterocycles. The van der Waals surface area contributed by atoms with Gasteiger partial charge in [-0.15, -0.1) is 0 Å². The van der Waals surface area contributed by atoms with E-state index in [9.17, 15) is 9.59 Å². The van der Waals surface area contributed by atoms with Crippen molar-refractivity contribution in [3.63, 3.8) is 0 Å². The molecule has 0 bridgehead atoms. The molecule has 1 unspecified atom stereocenters. The molecule has 1 aromatic rings. The van der Waals surface area contributed by atoms with Gasteiger partial charge < -0.3 is 10.2 Å². The van der Waals surface area contributed by atoms with E-state index in [4.69, 9.17) is 0 Å². The van der Waals surface area contributed by atoms with Crippen molar-refractivity contribution < 1.29 is 9.59 Å². The number of hydrogen-bond donors (Lipinski definition) is 1. The molecule has 0 saturated carbocycles. The normalized spacial score (nSPS) is 16.9. The van der Waals surface area contributed by atoms with E-state index in [0.29, 0.717) is 19.6 Å². The number of rotatable bonds is 5. The number of amides is 2. The van der Waals surface area contributed by atoms with E-state index in [1.807, 2.05) is 11.8 Å². The van der Waals surface area contributed by atoms with Crippen LogP contribution in [0.4, 0.5) is 0 Å². The van der Waals surface area contributed by atoms with Gasteiger partial charge in [-0.25, -0.2) is 0 Å². The Morgan fingerprint density at radius 1 is 1.13 bits per heavy atom. The zero-order valence-electron chi connectivity index (χ0n) is 14.3. The number of carbonyl (C=O) groups excluding carboxylic acids is 2. The van der Waals surface area contributed by atoms with Gasteiger partial charge in [0, 0.05) is 33.1 Å². The smallest absolute Gasteiger partial charge is 0.234 e. The van der Waals surface area contributed by atoms with Gasteiger partial charge in [0.2, 0.25) is 11.8 Å². The Morgan fingerprint density at radius 2 is 1.74 bits per heavy atom. The van der Waals surface area contributed by atoms with Crippen LogP contribution in [0, 0.1) is 0 Å². The van der Waals surface area contributed by atoms with E-state index in [1.165, 1.54) is 5.56 Å². The van der Waals surface area contributed by atoms with Gasteiger partial charge >= 0.3 is 0 Å². The van der Waals surface area contributed by atoms with Crippen LogP contribution in [0.3, 0.4) is 0 Å². The lowest BCUT2D eigenvalue weighted by molar-refractivity contribution is -0.131. The van der Waals surface area contributed by atoms with E-state index in [1.54, 1.807) is 6.92 Å². The van der Waals surface area contributed by atoms with Crippen molar-refractivity contribution >= 4 is 11.8 Å². The van der Waals surface area contributed by atoms with Gasteiger partial charge in [-0.3, -0.25) is 14.5 Å². The summed E-state index contributed by atoms with van der Waals surface area (Å²) >= 11 is 0. The first-order chi connectivity index (χ1) is 11.0. The predicted octanol–water partition coefficient (Wildman–Crippen LogP) is 1.59. The third kappa shape index (κ3) is 5.06. The van der Waals surface area contributed by atoms with Crippen molar-refractivity contribution in [3.05, 3.63) is 35.4 Å². The van der Waals surface area contributed by atoms with Crippen molar-refractivity contribution in [3.8, 4) is 0 Å². The van der Waals surface area contributed by atoms with E-state index >= 15 is 0 Å². The minimum absolute atomic E-state index is 0.00640. The molecule has 1 aromatic carbocycles. The molecule has 1 atom stereocenters. The standard InChI is InChI=1S/C18H27N3O2/c1-4-16-5-7-17(8-6-16)14(2)19-18(23)13-20-9-11-21(12-10-20)15(3)22/h5-8,14H,4,9-13H2,1-3H3,(H,19,23). The third-order valence-corrected chi connectivity index (χ3v) is 4.45. The monoisotopic (exact) mass is 317 g/mol. The molecule has 0 spiro atoms. The molecule has 1 aliphatic heterocycles. The number of hydrogen-bond acceptors (Lipinski definition) is 3. The highest BCUT2D eigenvalue weighted by Crippen LogP contribution is 2.13. The molecule has 0 radical (unpaired) electrons. The minimum Gasteiger partial charge on any atom is -0.348 e. The molecule has 5 heteroatoms. The maximum Gasteiger partial charge on any atom is 0.234 e. The van der Waals surface area contributed by atoms with E-state index in [-0.39, 0.29) is 17.9 Å². The predicted molar refractivity (Wildman–Crippen MR) is 91.1 cm³/mol. The highest BCUT2D eigenvalue weighted by molar-refractivity contribution is 5.78. The number of nitrogens with zero attached hydrogens (tertiary/aromatic N) is 2. The first kappa shape index (κ1) is 17.5. The second kappa shape index (κ2) is 8.11. The fraction of sp³-hybridized carbons (Fsp3) is 0.556. The highest BCUT2D eigenvalue weighted by atomic mass is 16.2. The van der Waals surface area contributed by atoms with E-state index in [0.717, 1.165) is 25.1 Å². The van der Waals surface area contributed by atoms with Gasteiger partial charge in [-0.05, 0) is 24.5 Å². The fourth-order valence-corrected chi connectivity index (χ4v) is 2.84. The number of nitrogens with one attached hydrogen (secondary N) is 1. The van der Waals surface area contributed by atoms with E-state index in [2.05, 4.69) is 41.4 Å². The average molecular weight is 317 g/mol. The van der Waals surface area contributed by atoms with Crippen LogP contribution in [0.25, 0.3) is 0 Å². The maximum atomic E-state index is 12.2. The molecule has 1 N–H and O–H groups in total. The summed E-state index contributed by atoms with van der Waals surface area (Å²) in [5.41, 5.74) is 2.42. The lowest BCUT2D eigenvalue weighted by Gasteiger charge is -2.33. The molecule has 5 nitrogen and oxygen atoms in total. The van der Waals surface area contributed by atoms with E-state index < -0.39 is 0 Å². The Labute approximate surface area is 138 Å². The van der Waals surface area contributed by atoms with Gasteiger partial charge in [-0.1, -0.05) is 31.2 Å². The molecule has 2 rings (SSSR count). The Balaban J connectivity index is 1.79. The fourth-order valence-electron chi connectivity index (χ4n) is 2.84. The number of aryl methyl sites for hydroxylation is 1. The van der Waals surface area contributed by atoms with Gasteiger partial charge in [0.25, 0.3) is 0 Å². The number of benzene rings is 1. The molecule has 126 valence electrons. The topological polar surface area (TPSA) is 52.7 Å². The second-order valence-corrected chi connectivity index (χ2v) is 6.17. The molecule has 1 saturated heterocycles. The van der Waals surface area contributed by atoms with Gasteiger partial charge in [0.15, 0.2) is 0 Å². The minimum atomic E-state index is 0.00640. The highest BCUT2D eigenvalue weighted by Gasteiger charge is 2.20.